The van der Waals surface area contributed by atoms with Crippen LogP contribution in [0.1, 0.15) is 80.0 Å². The fraction of sp³-hybridized carbons (Fsp3) is 0.323. The number of hydrogen-bond acceptors (Lipinski definition) is 14. The van der Waals surface area contributed by atoms with E-state index in [0.29, 0.717) is 79.4 Å². The number of thiazole rings is 2. The Morgan fingerprint density at radius 1 is 0.524 bits per heavy atom. The van der Waals surface area contributed by atoms with Crippen LogP contribution < -0.4 is 12.8 Å². The summed E-state index contributed by atoms with van der Waals surface area (Å²) in [5.74, 6) is -0.343. The molecule has 0 spiro atoms. The summed E-state index contributed by atoms with van der Waals surface area (Å²) in [7, 11) is 0. The number of aromatic nitrogens is 8. The van der Waals surface area contributed by atoms with E-state index in [1.807, 2.05) is 77.6 Å². The molecule has 0 aliphatic carbocycles. The van der Waals surface area contributed by atoms with Crippen LogP contribution in [0.3, 0.4) is 0 Å². The zero-order chi connectivity index (χ0) is 57.0. The van der Waals surface area contributed by atoms with Crippen LogP contribution in [0.15, 0.2) is 133 Å². The van der Waals surface area contributed by atoms with Crippen molar-refractivity contribution in [3.8, 4) is 10.6 Å². The normalized spacial score (nSPS) is 13.8. The van der Waals surface area contributed by atoms with Crippen molar-refractivity contribution >= 4 is 134 Å². The number of piperazine rings is 2. The van der Waals surface area contributed by atoms with Gasteiger partial charge in [0.05, 0.1) is 32.7 Å². The first-order valence-electron chi connectivity index (χ1n) is 28.3. The Morgan fingerprint density at radius 2 is 0.988 bits per heavy atom. The molecule has 2 aliphatic heterocycles. The maximum absolute atomic E-state index is 13.2. The predicted octanol–water partition coefficient (Wildman–Crippen LogP) is 12.3. The molecule has 8 aromatic heterocycles. The number of ketones is 2. The number of amides is 2. The summed E-state index contributed by atoms with van der Waals surface area (Å²) in [6, 6.07) is 23.7. The van der Waals surface area contributed by atoms with Crippen molar-refractivity contribution in [2.75, 3.05) is 62.2 Å². The largest absolute Gasteiger partial charge is 0.359 e. The summed E-state index contributed by atoms with van der Waals surface area (Å²) in [6.07, 6.45) is 22.0. The zero-order valence-corrected chi connectivity index (χ0v) is 51.8. The Bertz CT molecular complexity index is 3770. The van der Waals surface area contributed by atoms with Crippen LogP contribution in [0, 0.1) is 0 Å². The van der Waals surface area contributed by atoms with Crippen molar-refractivity contribution in [1.29, 1.82) is 0 Å². The number of H-pyrrole nitrogens is 2. The van der Waals surface area contributed by atoms with Gasteiger partial charge in [-0.25, -0.2) is 15.0 Å². The summed E-state index contributed by atoms with van der Waals surface area (Å²) in [6.45, 7) is 11.2. The number of rotatable bonds is 17. The van der Waals surface area contributed by atoms with E-state index in [0.717, 1.165) is 43.8 Å². The van der Waals surface area contributed by atoms with Crippen LogP contribution >= 0.6 is 34.3 Å². The SMILES string of the molecule is CCC[CH2][Sn]([CH2]CCC)([CH2]CCC)[c]1nccs1.O=C(C(=O)N1CCN(c2nccc3ccccc23)CC1)c1c[nH]c2c(-c3nccs3)ccnc12.O=C(C(=O)N1CCN(c2nccc3ccccc23)CC1)c1c[nH]c2c(Cl)ccnc12. The van der Waals surface area contributed by atoms with E-state index in [9.17, 15) is 19.2 Å². The van der Waals surface area contributed by atoms with Gasteiger partial charge in [-0.15, -0.1) is 11.3 Å². The molecule has 16 nitrogen and oxygen atoms in total. The molecule has 2 aliphatic rings. The molecule has 0 unspecified atom stereocenters. The van der Waals surface area contributed by atoms with E-state index in [4.69, 9.17) is 16.6 Å². The Balaban J connectivity index is 0.000000145. The van der Waals surface area contributed by atoms with Crippen LogP contribution in [-0.4, -0.2) is 144 Å². The maximum Gasteiger partial charge on any atom is 0.295 e. The number of nitrogens with zero attached hydrogens (tertiary/aromatic N) is 10. The van der Waals surface area contributed by atoms with Gasteiger partial charge in [0.2, 0.25) is 0 Å². The second-order valence-corrected chi connectivity index (χ2v) is 36.9. The van der Waals surface area contributed by atoms with Crippen LogP contribution in [0.5, 0.6) is 0 Å². The minimum atomic E-state index is -2.12. The number of halogens is 1. The van der Waals surface area contributed by atoms with Crippen LogP contribution in [0.2, 0.25) is 18.3 Å². The molecule has 2 aromatic carbocycles. The Kier molecular flexibility index (Phi) is 19.3. The molecule has 0 radical (unpaired) electrons. The smallest absolute Gasteiger partial charge is 0.295 e. The van der Waals surface area contributed by atoms with E-state index in [2.05, 4.69) is 89.0 Å². The standard InChI is InChI=1S/C25H20N6O2S.C22H18ClN5O2.3C4H9.C3H2NS.Sn/c32-22(19-15-29-20-18(6-8-26-21(19)20)24-28-9-14-34-24)25(33)31-12-10-30(11-13-31)23-17-4-2-1-3-16(17)5-7-27-23;23-17-6-8-24-18-16(13-26-19(17)18)20(29)22(30)28-11-9-27(10-12-28)21-15-4-2-1-3-14(15)5-7-25-21;3*1-3-4-2;1-2-5-3-4-1;/h1-9,14-15,29H,10-13H2;1-8,13,26H,9-12H2;3*1,3-4H2,2H3;1-2H;. The third-order valence-electron chi connectivity index (χ3n) is 15.6. The first kappa shape index (κ1) is 58.1. The van der Waals surface area contributed by atoms with Crippen molar-refractivity contribution in [3.05, 3.63) is 149 Å². The third-order valence-corrected chi connectivity index (χ3v) is 35.4. The average molecular weight is 1260 g/mol. The van der Waals surface area contributed by atoms with Gasteiger partial charge >= 0.3 is 122 Å². The van der Waals surface area contributed by atoms with Gasteiger partial charge in [-0.2, -0.15) is 0 Å². The zero-order valence-electron chi connectivity index (χ0n) is 46.5. The first-order valence-corrected chi connectivity index (χ1v) is 38.0. The average Bonchev–Trinajstić information content (AvgIpc) is 4.44. The van der Waals surface area contributed by atoms with Gasteiger partial charge in [0.25, 0.3) is 23.4 Å². The molecular formula is C62H67ClN12O4S2Sn. The fourth-order valence-corrected chi connectivity index (χ4v) is 31.2. The summed E-state index contributed by atoms with van der Waals surface area (Å²) in [5.41, 5.74) is 3.57. The van der Waals surface area contributed by atoms with Crippen molar-refractivity contribution in [2.24, 2.45) is 0 Å². The fourth-order valence-electron chi connectivity index (χ4n) is 11.1. The van der Waals surface area contributed by atoms with Crippen molar-refractivity contribution in [2.45, 2.75) is 72.6 Å². The number of unbranched alkanes of at least 4 members (excludes halogenated alkanes) is 3. The molecule has 2 fully saturated rings. The molecule has 12 rings (SSSR count). The summed E-state index contributed by atoms with van der Waals surface area (Å²) < 4.78 is 6.23. The first-order chi connectivity index (χ1) is 40.1. The van der Waals surface area contributed by atoms with E-state index < -0.39 is 41.8 Å². The Hall–Kier alpha value is -7.13. The molecule has 10 aromatic rings. The molecule has 10 heterocycles. The molecule has 0 atom stereocenters. The molecule has 20 heteroatoms. The van der Waals surface area contributed by atoms with Gasteiger partial charge in [-0.3, -0.25) is 29.1 Å². The number of carbonyl (C=O) groups is 4. The van der Waals surface area contributed by atoms with Gasteiger partial charge in [0.1, 0.15) is 22.2 Å². The molecule has 2 N–H and O–H groups in total. The van der Waals surface area contributed by atoms with Crippen LogP contribution in [-0.2, 0) is 9.59 Å². The number of aromatic amines is 2. The monoisotopic (exact) mass is 1260 g/mol. The van der Waals surface area contributed by atoms with E-state index in [1.54, 1.807) is 57.0 Å². The number of carbonyl (C=O) groups excluding carboxylic acids is 4. The van der Waals surface area contributed by atoms with Gasteiger partial charge < -0.3 is 29.6 Å². The van der Waals surface area contributed by atoms with Crippen molar-refractivity contribution in [3.63, 3.8) is 0 Å². The molecule has 422 valence electrons. The second kappa shape index (κ2) is 27.3. The molecule has 82 heavy (non-hydrogen) atoms. The summed E-state index contributed by atoms with van der Waals surface area (Å²) >= 11 is 7.48. The Labute approximate surface area is 494 Å². The van der Waals surface area contributed by atoms with Gasteiger partial charge in [0, 0.05) is 117 Å². The summed E-state index contributed by atoms with van der Waals surface area (Å²) in [5, 5.41) is 9.81. The van der Waals surface area contributed by atoms with Gasteiger partial charge in [-0.1, -0.05) is 60.1 Å². The number of benzene rings is 2. The minimum absolute atomic E-state index is 0.246. The van der Waals surface area contributed by atoms with Crippen LogP contribution in [0.4, 0.5) is 11.6 Å². The van der Waals surface area contributed by atoms with Gasteiger partial charge in [0.15, 0.2) is 0 Å². The topological polar surface area (TPSA) is 190 Å². The number of Topliss-reactive ketones (excluding diaryl/α,β-unsaturated/α-hetero) is 2. The van der Waals surface area contributed by atoms with E-state index in [-0.39, 0.29) is 11.1 Å². The Morgan fingerprint density at radius 3 is 1.48 bits per heavy atom. The predicted molar refractivity (Wildman–Crippen MR) is 335 cm³/mol. The molecular weight excluding hydrogens is 1200 g/mol. The maximum atomic E-state index is 13.2. The number of hydrogen-bond donors (Lipinski definition) is 2. The molecule has 2 amide bonds. The number of nitrogens with one attached hydrogen (secondary N) is 2. The van der Waals surface area contributed by atoms with Gasteiger partial charge in [-0.05, 0) is 35.0 Å². The van der Waals surface area contributed by atoms with Crippen LogP contribution in [0.25, 0.3) is 54.2 Å². The third kappa shape index (κ3) is 12.7. The second-order valence-electron chi connectivity index (χ2n) is 20.7. The number of anilines is 2. The minimum Gasteiger partial charge on any atom is -0.359 e. The van der Waals surface area contributed by atoms with E-state index in [1.165, 1.54) is 62.3 Å². The number of fused-ring (bicyclic) bond motifs is 4. The molecule has 0 saturated carbocycles. The van der Waals surface area contributed by atoms with E-state index >= 15 is 0 Å². The quantitative estimate of drug-likeness (QED) is 0.0499. The number of pyridine rings is 4. The molecule has 2 saturated heterocycles. The summed E-state index contributed by atoms with van der Waals surface area (Å²) in [4.78, 5) is 92.4. The molecule has 0 bridgehead atoms. The van der Waals surface area contributed by atoms with Crippen molar-refractivity contribution < 1.29 is 19.2 Å². The van der Waals surface area contributed by atoms with Crippen molar-refractivity contribution in [1.82, 2.24) is 49.7 Å².